The fourth-order valence-electron chi connectivity index (χ4n) is 1.36. The average molecular weight is 221 g/mol. The Labute approximate surface area is 94.0 Å². The van der Waals surface area contributed by atoms with Crippen molar-refractivity contribution in [3.63, 3.8) is 0 Å². The Kier molecular flexibility index (Phi) is 4.02. The van der Waals surface area contributed by atoms with E-state index in [0.29, 0.717) is 5.69 Å². The molecule has 5 nitrogen and oxygen atoms in total. The van der Waals surface area contributed by atoms with Gasteiger partial charge in [-0.2, -0.15) is 0 Å². The fourth-order valence-corrected chi connectivity index (χ4v) is 1.36. The number of hydrazine groups is 1. The molecule has 2 amide bonds. The number of hydrogen-bond acceptors (Lipinski definition) is 3. The Bertz CT molecular complexity index is 402. The number of anilines is 1. The van der Waals surface area contributed by atoms with Crippen molar-refractivity contribution < 1.29 is 9.59 Å². The smallest absolute Gasteiger partial charge is 0.317 e. The molecule has 1 aromatic rings. The molecular formula is C11H15N3O2. The highest BCUT2D eigenvalue weighted by Gasteiger charge is 2.14. The molecule has 1 rings (SSSR count). The topological polar surface area (TPSA) is 84.2 Å². The normalized spacial score (nSPS) is 10.0. The minimum absolute atomic E-state index is 0.262. The number of carbonyl (C=O) groups is 2. The molecule has 16 heavy (non-hydrogen) atoms. The zero-order chi connectivity index (χ0) is 12.1. The lowest BCUT2D eigenvalue weighted by atomic mass is 10.0. The summed E-state index contributed by atoms with van der Waals surface area (Å²) in [5.74, 6) is 3.50. The predicted octanol–water partition coefficient (Wildman–Crippen LogP) is 0.738. The van der Waals surface area contributed by atoms with Crippen molar-refractivity contribution in [3.05, 3.63) is 29.8 Å². The van der Waals surface area contributed by atoms with Crippen molar-refractivity contribution in [3.8, 4) is 0 Å². The van der Waals surface area contributed by atoms with Gasteiger partial charge in [-0.05, 0) is 17.5 Å². The lowest BCUT2D eigenvalue weighted by Gasteiger charge is -2.12. The monoisotopic (exact) mass is 221 g/mol. The second-order valence-corrected chi connectivity index (χ2v) is 3.67. The number of hydrogen-bond donors (Lipinski definition) is 3. The lowest BCUT2D eigenvalue weighted by molar-refractivity contribution is -0.136. The molecule has 0 unspecified atom stereocenters. The Morgan fingerprint density at radius 3 is 2.38 bits per heavy atom. The molecule has 4 N–H and O–H groups in total. The summed E-state index contributed by atoms with van der Waals surface area (Å²) in [6.45, 7) is 4.02. The third-order valence-corrected chi connectivity index (χ3v) is 2.17. The van der Waals surface area contributed by atoms with Crippen LogP contribution in [0.15, 0.2) is 24.3 Å². The zero-order valence-electron chi connectivity index (χ0n) is 9.28. The number of amides is 2. The highest BCUT2D eigenvalue weighted by molar-refractivity contribution is 6.39. The third-order valence-electron chi connectivity index (χ3n) is 2.17. The highest BCUT2D eigenvalue weighted by Crippen LogP contribution is 2.23. The van der Waals surface area contributed by atoms with Gasteiger partial charge in [0.25, 0.3) is 0 Å². The van der Waals surface area contributed by atoms with Crippen LogP contribution >= 0.6 is 0 Å². The maximum Gasteiger partial charge on any atom is 0.323 e. The molecule has 0 aliphatic rings. The van der Waals surface area contributed by atoms with Gasteiger partial charge < -0.3 is 5.32 Å². The van der Waals surface area contributed by atoms with Crippen molar-refractivity contribution in [2.24, 2.45) is 5.84 Å². The Morgan fingerprint density at radius 1 is 1.19 bits per heavy atom. The number of nitrogens with one attached hydrogen (secondary N) is 2. The Morgan fingerprint density at radius 2 is 1.81 bits per heavy atom. The highest BCUT2D eigenvalue weighted by atomic mass is 16.2. The van der Waals surface area contributed by atoms with E-state index in [1.54, 1.807) is 17.6 Å². The van der Waals surface area contributed by atoms with Crippen LogP contribution in [0, 0.1) is 0 Å². The van der Waals surface area contributed by atoms with Gasteiger partial charge in [-0.25, -0.2) is 5.84 Å². The molecule has 0 atom stereocenters. The quantitative estimate of drug-likeness (QED) is 0.298. The standard InChI is InChI=1S/C11H15N3O2/c1-7(2)8-5-3-4-6-9(8)13-10(15)11(16)14-12/h3-7H,12H2,1-2H3,(H,13,15)(H,14,16). The summed E-state index contributed by atoms with van der Waals surface area (Å²) in [6, 6.07) is 7.33. The third kappa shape index (κ3) is 2.80. The molecule has 0 aliphatic heterocycles. The first kappa shape index (κ1) is 12.2. The number of benzene rings is 1. The molecule has 0 bridgehead atoms. The summed E-state index contributed by atoms with van der Waals surface area (Å²) in [5, 5.41) is 2.51. The summed E-state index contributed by atoms with van der Waals surface area (Å²) in [6.07, 6.45) is 0. The van der Waals surface area contributed by atoms with Gasteiger partial charge in [0, 0.05) is 5.69 Å². The van der Waals surface area contributed by atoms with Crippen molar-refractivity contribution in [2.45, 2.75) is 19.8 Å². The van der Waals surface area contributed by atoms with Crippen molar-refractivity contribution in [1.82, 2.24) is 5.43 Å². The summed E-state index contributed by atoms with van der Waals surface area (Å²) in [5.41, 5.74) is 3.39. The van der Waals surface area contributed by atoms with Gasteiger partial charge >= 0.3 is 11.8 Å². The summed E-state index contributed by atoms with van der Waals surface area (Å²) in [7, 11) is 0. The maximum absolute atomic E-state index is 11.3. The van der Waals surface area contributed by atoms with Gasteiger partial charge in [0.15, 0.2) is 0 Å². The van der Waals surface area contributed by atoms with E-state index < -0.39 is 11.8 Å². The van der Waals surface area contributed by atoms with E-state index in [-0.39, 0.29) is 5.92 Å². The summed E-state index contributed by atoms with van der Waals surface area (Å²) < 4.78 is 0. The van der Waals surface area contributed by atoms with E-state index >= 15 is 0 Å². The molecule has 0 fully saturated rings. The van der Waals surface area contributed by atoms with Crippen molar-refractivity contribution in [1.29, 1.82) is 0 Å². The molecule has 0 saturated carbocycles. The summed E-state index contributed by atoms with van der Waals surface area (Å²) in [4.78, 5) is 22.3. The van der Waals surface area contributed by atoms with Gasteiger partial charge in [-0.15, -0.1) is 0 Å². The lowest BCUT2D eigenvalue weighted by Crippen LogP contribution is -2.39. The van der Waals surface area contributed by atoms with Crippen LogP contribution in [0.1, 0.15) is 25.3 Å². The maximum atomic E-state index is 11.3. The Hall–Kier alpha value is -1.88. The minimum atomic E-state index is -0.862. The SMILES string of the molecule is CC(C)c1ccccc1NC(=O)C(=O)NN. The first-order chi connectivity index (χ1) is 7.56. The van der Waals surface area contributed by atoms with Crippen LogP contribution in [-0.2, 0) is 9.59 Å². The Balaban J connectivity index is 2.89. The molecule has 0 saturated heterocycles. The molecule has 1 aromatic carbocycles. The fraction of sp³-hybridized carbons (Fsp3) is 0.273. The molecule has 0 aromatic heterocycles. The van der Waals surface area contributed by atoms with Gasteiger partial charge in [-0.1, -0.05) is 32.0 Å². The number of nitrogens with two attached hydrogens (primary N) is 1. The largest absolute Gasteiger partial charge is 0.323 e. The van der Waals surface area contributed by atoms with Crippen LogP contribution in [0.4, 0.5) is 5.69 Å². The predicted molar refractivity (Wildman–Crippen MR) is 61.5 cm³/mol. The molecule has 0 radical (unpaired) electrons. The van der Waals surface area contributed by atoms with Gasteiger partial charge in [0.2, 0.25) is 0 Å². The average Bonchev–Trinajstić information content (AvgIpc) is 2.28. The molecule has 0 heterocycles. The van der Waals surface area contributed by atoms with Crippen molar-refractivity contribution in [2.75, 3.05) is 5.32 Å². The molecule has 5 heteroatoms. The van der Waals surface area contributed by atoms with E-state index in [1.165, 1.54) is 0 Å². The first-order valence-corrected chi connectivity index (χ1v) is 4.97. The van der Waals surface area contributed by atoms with Gasteiger partial charge in [0.1, 0.15) is 0 Å². The van der Waals surface area contributed by atoms with Gasteiger partial charge in [-0.3, -0.25) is 15.0 Å². The minimum Gasteiger partial charge on any atom is -0.317 e. The second-order valence-electron chi connectivity index (χ2n) is 3.67. The van der Waals surface area contributed by atoms with Crippen molar-refractivity contribution >= 4 is 17.5 Å². The van der Waals surface area contributed by atoms with E-state index in [1.807, 2.05) is 26.0 Å². The van der Waals surface area contributed by atoms with Crippen LogP contribution in [0.25, 0.3) is 0 Å². The molecule has 86 valence electrons. The van der Waals surface area contributed by atoms with Gasteiger partial charge in [0.05, 0.1) is 0 Å². The van der Waals surface area contributed by atoms with Crippen LogP contribution in [0.5, 0.6) is 0 Å². The van der Waals surface area contributed by atoms with Crippen LogP contribution in [0.2, 0.25) is 0 Å². The number of para-hydroxylation sites is 1. The molecule has 0 spiro atoms. The first-order valence-electron chi connectivity index (χ1n) is 4.97. The molecule has 0 aliphatic carbocycles. The van der Waals surface area contributed by atoms with E-state index in [4.69, 9.17) is 5.84 Å². The van der Waals surface area contributed by atoms with E-state index in [9.17, 15) is 9.59 Å². The zero-order valence-corrected chi connectivity index (χ0v) is 9.28. The second kappa shape index (κ2) is 5.27. The number of carbonyl (C=O) groups excluding carboxylic acids is 2. The van der Waals surface area contributed by atoms with Crippen LogP contribution in [0.3, 0.4) is 0 Å². The van der Waals surface area contributed by atoms with Crippen LogP contribution in [-0.4, -0.2) is 11.8 Å². The van der Waals surface area contributed by atoms with Crippen LogP contribution < -0.4 is 16.6 Å². The van der Waals surface area contributed by atoms with E-state index in [2.05, 4.69) is 5.32 Å². The molecular weight excluding hydrogens is 206 g/mol. The number of rotatable bonds is 2. The van der Waals surface area contributed by atoms with E-state index in [0.717, 1.165) is 5.56 Å². The summed E-state index contributed by atoms with van der Waals surface area (Å²) >= 11 is 0.